The lowest BCUT2D eigenvalue weighted by molar-refractivity contribution is -0.123. The van der Waals surface area contributed by atoms with Crippen molar-refractivity contribution in [1.29, 1.82) is 0 Å². The van der Waals surface area contributed by atoms with Gasteiger partial charge in [0.15, 0.2) is 0 Å². The van der Waals surface area contributed by atoms with Gasteiger partial charge in [-0.05, 0) is 55.7 Å². The fourth-order valence-corrected chi connectivity index (χ4v) is 3.98. The zero-order valence-electron chi connectivity index (χ0n) is 15.8. The van der Waals surface area contributed by atoms with Gasteiger partial charge in [0.2, 0.25) is 5.91 Å². The van der Waals surface area contributed by atoms with Crippen LogP contribution in [0.1, 0.15) is 36.8 Å². The molecule has 2 aliphatic rings. The summed E-state index contributed by atoms with van der Waals surface area (Å²) in [5.41, 5.74) is 9.32. The molecule has 0 aromatic heterocycles. The molecule has 1 saturated carbocycles. The number of anilines is 1. The first-order valence-corrected chi connectivity index (χ1v) is 10.0. The van der Waals surface area contributed by atoms with E-state index in [-0.39, 0.29) is 11.3 Å². The van der Waals surface area contributed by atoms with Crippen LogP contribution in [0.5, 0.6) is 5.75 Å². The molecule has 0 atom stereocenters. The van der Waals surface area contributed by atoms with Crippen molar-refractivity contribution in [3.8, 4) is 5.75 Å². The number of hydrogen-bond acceptors (Lipinski definition) is 3. The maximum absolute atomic E-state index is 11.6. The maximum Gasteiger partial charge on any atom is 0.223 e. The molecule has 2 aromatic carbocycles. The Morgan fingerprint density at radius 3 is 2.70 bits per heavy atom. The van der Waals surface area contributed by atoms with Crippen LogP contribution >= 0.6 is 0 Å². The zero-order valence-corrected chi connectivity index (χ0v) is 15.8. The summed E-state index contributed by atoms with van der Waals surface area (Å²) in [5.74, 6) is 0.808. The van der Waals surface area contributed by atoms with Gasteiger partial charge in [0.25, 0.3) is 0 Å². The number of nitrogens with two attached hydrogens (primary N) is 1. The van der Waals surface area contributed by atoms with Crippen molar-refractivity contribution in [1.82, 2.24) is 0 Å². The summed E-state index contributed by atoms with van der Waals surface area (Å²) in [6, 6.07) is 16.9. The van der Waals surface area contributed by atoms with Crippen molar-refractivity contribution in [2.24, 2.45) is 11.1 Å². The highest BCUT2D eigenvalue weighted by molar-refractivity contribution is 5.83. The van der Waals surface area contributed by atoms with E-state index in [0.717, 1.165) is 64.0 Å². The molecule has 0 bridgehead atoms. The van der Waals surface area contributed by atoms with E-state index in [0.29, 0.717) is 0 Å². The Balaban J connectivity index is 1.30. The lowest BCUT2D eigenvalue weighted by Crippen LogP contribution is -2.30. The minimum atomic E-state index is -0.228. The molecule has 27 heavy (non-hydrogen) atoms. The molecular weight excluding hydrogens is 336 g/mol. The average molecular weight is 364 g/mol. The topological polar surface area (TPSA) is 55.6 Å². The van der Waals surface area contributed by atoms with Gasteiger partial charge in [-0.2, -0.15) is 0 Å². The van der Waals surface area contributed by atoms with Crippen LogP contribution in [0.4, 0.5) is 5.69 Å². The molecule has 0 radical (unpaired) electrons. The third kappa shape index (κ3) is 4.10. The van der Waals surface area contributed by atoms with Gasteiger partial charge in [-0.3, -0.25) is 4.79 Å². The largest absolute Gasteiger partial charge is 0.494 e. The fraction of sp³-hybridized carbons (Fsp3) is 0.435. The normalized spacial score (nSPS) is 16.8. The van der Waals surface area contributed by atoms with E-state index >= 15 is 0 Å². The Labute approximate surface area is 161 Å². The number of rotatable bonds is 9. The third-order valence-corrected chi connectivity index (χ3v) is 6.01. The molecule has 4 rings (SSSR count). The molecule has 0 saturated heterocycles. The van der Waals surface area contributed by atoms with Gasteiger partial charge in [0, 0.05) is 24.8 Å². The van der Waals surface area contributed by atoms with Crippen LogP contribution in [0.2, 0.25) is 0 Å². The van der Waals surface area contributed by atoms with E-state index in [1.54, 1.807) is 0 Å². The van der Waals surface area contributed by atoms with E-state index in [9.17, 15) is 4.79 Å². The number of benzene rings is 2. The predicted octanol–water partition coefficient (Wildman–Crippen LogP) is 3.72. The highest BCUT2D eigenvalue weighted by Crippen LogP contribution is 2.49. The molecule has 142 valence electrons. The van der Waals surface area contributed by atoms with E-state index in [2.05, 4.69) is 47.4 Å². The Hall–Kier alpha value is -2.49. The second-order valence-electron chi connectivity index (χ2n) is 7.86. The number of nitrogens with zero attached hydrogens (tertiary/aromatic N) is 1. The fourth-order valence-electron chi connectivity index (χ4n) is 3.98. The van der Waals surface area contributed by atoms with Gasteiger partial charge in [-0.1, -0.05) is 36.4 Å². The Morgan fingerprint density at radius 1 is 1.15 bits per heavy atom. The first-order valence-electron chi connectivity index (χ1n) is 10.0. The second-order valence-corrected chi connectivity index (χ2v) is 7.86. The molecule has 1 fully saturated rings. The smallest absolute Gasteiger partial charge is 0.223 e. The molecule has 1 amide bonds. The van der Waals surface area contributed by atoms with Crippen LogP contribution in [0.25, 0.3) is 0 Å². The molecule has 4 nitrogen and oxygen atoms in total. The van der Waals surface area contributed by atoms with Gasteiger partial charge in [-0.25, -0.2) is 0 Å². The van der Waals surface area contributed by atoms with Gasteiger partial charge < -0.3 is 15.4 Å². The monoisotopic (exact) mass is 364 g/mol. The lowest BCUT2D eigenvalue weighted by atomic mass is 10.0. The maximum atomic E-state index is 11.6. The lowest BCUT2D eigenvalue weighted by Gasteiger charge is -2.22. The quantitative estimate of drug-likeness (QED) is 0.690. The highest BCUT2D eigenvalue weighted by atomic mass is 16.5. The van der Waals surface area contributed by atoms with Crippen LogP contribution in [0.3, 0.4) is 0 Å². The highest BCUT2D eigenvalue weighted by Gasteiger charge is 2.48. The molecule has 1 heterocycles. The first kappa shape index (κ1) is 17.9. The molecule has 2 aromatic rings. The number of amides is 1. The summed E-state index contributed by atoms with van der Waals surface area (Å²) in [5, 5.41) is 0. The molecular formula is C23H28N2O2. The van der Waals surface area contributed by atoms with Gasteiger partial charge in [0.05, 0.1) is 12.0 Å². The molecule has 4 heteroatoms. The predicted molar refractivity (Wildman–Crippen MR) is 108 cm³/mol. The Kier molecular flexibility index (Phi) is 5.06. The molecule has 0 spiro atoms. The summed E-state index contributed by atoms with van der Waals surface area (Å²) in [6.07, 6.45) is 5.87. The summed E-state index contributed by atoms with van der Waals surface area (Å²) >= 11 is 0. The van der Waals surface area contributed by atoms with E-state index in [1.807, 2.05) is 6.07 Å². The number of carbonyl (C=O) groups is 1. The number of carbonyl (C=O) groups excluding carboxylic acids is 1. The molecule has 0 unspecified atom stereocenters. The van der Waals surface area contributed by atoms with Crippen LogP contribution in [0.15, 0.2) is 48.5 Å². The zero-order chi connectivity index (χ0) is 18.7. The number of fused-ring (bicyclic) bond motifs is 1. The van der Waals surface area contributed by atoms with Gasteiger partial charge in [0.1, 0.15) is 5.75 Å². The van der Waals surface area contributed by atoms with Crippen molar-refractivity contribution in [2.75, 3.05) is 24.6 Å². The molecule has 2 N–H and O–H groups in total. The van der Waals surface area contributed by atoms with Crippen molar-refractivity contribution >= 4 is 11.6 Å². The summed E-state index contributed by atoms with van der Waals surface area (Å²) in [7, 11) is 0. The summed E-state index contributed by atoms with van der Waals surface area (Å²) in [6.45, 7) is 2.63. The third-order valence-electron chi connectivity index (χ3n) is 6.01. The van der Waals surface area contributed by atoms with Crippen LogP contribution in [-0.2, 0) is 17.6 Å². The molecule has 1 aliphatic carbocycles. The summed E-state index contributed by atoms with van der Waals surface area (Å²) in [4.78, 5) is 14.0. The van der Waals surface area contributed by atoms with E-state index < -0.39 is 0 Å². The first-order chi connectivity index (χ1) is 13.2. The van der Waals surface area contributed by atoms with Crippen LogP contribution < -0.4 is 15.4 Å². The van der Waals surface area contributed by atoms with E-state index in [1.165, 1.54) is 16.8 Å². The van der Waals surface area contributed by atoms with E-state index in [4.69, 9.17) is 10.5 Å². The Morgan fingerprint density at radius 2 is 1.96 bits per heavy atom. The number of hydrogen-bond donors (Lipinski definition) is 1. The number of primary amides is 1. The van der Waals surface area contributed by atoms with Crippen LogP contribution in [-0.4, -0.2) is 25.6 Å². The second kappa shape index (κ2) is 7.63. The standard InChI is InChI=1S/C23H28N2O2/c24-22(26)23(11-12-23)13-15-25-14-10-19-8-9-20(17-21(19)25)27-16-4-7-18-5-2-1-3-6-18/h1-3,5-6,8-9,17H,4,7,10-16H2,(H2,24,26). The number of ether oxygens (including phenoxy) is 1. The van der Waals surface area contributed by atoms with Crippen molar-refractivity contribution in [2.45, 2.75) is 38.5 Å². The van der Waals surface area contributed by atoms with Gasteiger partial charge >= 0.3 is 0 Å². The van der Waals surface area contributed by atoms with Gasteiger partial charge in [-0.15, -0.1) is 0 Å². The minimum absolute atomic E-state index is 0.127. The Bertz CT molecular complexity index is 799. The number of aryl methyl sites for hydroxylation is 1. The van der Waals surface area contributed by atoms with Crippen LogP contribution in [0, 0.1) is 5.41 Å². The van der Waals surface area contributed by atoms with Crippen molar-refractivity contribution in [3.63, 3.8) is 0 Å². The minimum Gasteiger partial charge on any atom is -0.494 e. The average Bonchev–Trinajstić information content (AvgIpc) is 3.39. The molecule has 1 aliphatic heterocycles. The summed E-state index contributed by atoms with van der Waals surface area (Å²) < 4.78 is 6.00. The van der Waals surface area contributed by atoms with Crippen molar-refractivity contribution in [3.05, 3.63) is 59.7 Å². The SMILES string of the molecule is NC(=O)C1(CCN2CCc3ccc(OCCCc4ccccc4)cc32)CC1. The van der Waals surface area contributed by atoms with Crippen molar-refractivity contribution < 1.29 is 9.53 Å².